The first kappa shape index (κ1) is 20.1. The average molecular weight is 355 g/mol. The van der Waals surface area contributed by atoms with E-state index in [1.54, 1.807) is 6.92 Å². The fraction of sp³-hybridized carbons (Fsp3) is 0.500. The first-order chi connectivity index (χ1) is 11.0. The second-order valence-electron chi connectivity index (χ2n) is 6.35. The quantitative estimate of drug-likeness (QED) is 0.795. The van der Waals surface area contributed by atoms with Gasteiger partial charge in [0.15, 0.2) is 0 Å². The van der Waals surface area contributed by atoms with Crippen molar-refractivity contribution in [3.05, 3.63) is 29.8 Å². The molecule has 0 saturated carbocycles. The molecule has 0 radical (unpaired) electrons. The third-order valence-corrected chi connectivity index (χ3v) is 4.59. The molecule has 0 fully saturated rings. The molecule has 8 heteroatoms. The van der Waals surface area contributed by atoms with Gasteiger partial charge in [-0.25, -0.2) is 13.1 Å². The Labute approximate surface area is 143 Å². The SMILES string of the molecule is CCN(CC(=O)NC(C)(C)C)C(=O)c1cccc(S(=O)(=O)NC)c1. The van der Waals surface area contributed by atoms with Crippen LogP contribution < -0.4 is 10.0 Å². The molecule has 1 aromatic rings. The van der Waals surface area contributed by atoms with Crippen molar-refractivity contribution in [3.8, 4) is 0 Å². The van der Waals surface area contributed by atoms with Crippen LogP contribution in [0.4, 0.5) is 0 Å². The Bertz CT molecular complexity index is 708. The molecule has 2 N–H and O–H groups in total. The lowest BCUT2D eigenvalue weighted by Crippen LogP contribution is -2.47. The minimum Gasteiger partial charge on any atom is -0.350 e. The van der Waals surface area contributed by atoms with E-state index in [1.165, 1.54) is 36.2 Å². The van der Waals surface area contributed by atoms with Gasteiger partial charge in [0.2, 0.25) is 15.9 Å². The van der Waals surface area contributed by atoms with Crippen LogP contribution in [0.2, 0.25) is 0 Å². The summed E-state index contributed by atoms with van der Waals surface area (Å²) >= 11 is 0. The maximum atomic E-state index is 12.6. The number of nitrogens with zero attached hydrogens (tertiary/aromatic N) is 1. The van der Waals surface area contributed by atoms with E-state index < -0.39 is 15.9 Å². The van der Waals surface area contributed by atoms with Crippen LogP contribution in [-0.4, -0.2) is 50.8 Å². The van der Waals surface area contributed by atoms with E-state index in [1.807, 2.05) is 20.8 Å². The van der Waals surface area contributed by atoms with E-state index >= 15 is 0 Å². The summed E-state index contributed by atoms with van der Waals surface area (Å²) in [5.41, 5.74) is -0.169. The van der Waals surface area contributed by atoms with Gasteiger partial charge in [-0.05, 0) is 52.9 Å². The highest BCUT2D eigenvalue weighted by atomic mass is 32.2. The van der Waals surface area contributed by atoms with Crippen LogP contribution in [0.1, 0.15) is 38.1 Å². The Morgan fingerprint density at radius 2 is 1.83 bits per heavy atom. The highest BCUT2D eigenvalue weighted by Crippen LogP contribution is 2.13. The minimum atomic E-state index is -3.63. The van der Waals surface area contributed by atoms with Crippen molar-refractivity contribution in [3.63, 3.8) is 0 Å². The third-order valence-electron chi connectivity index (χ3n) is 3.18. The lowest BCUT2D eigenvalue weighted by molar-refractivity contribution is -0.123. The molecule has 0 unspecified atom stereocenters. The Kier molecular flexibility index (Phi) is 6.50. The normalized spacial score (nSPS) is 11.9. The smallest absolute Gasteiger partial charge is 0.254 e. The lowest BCUT2D eigenvalue weighted by atomic mass is 10.1. The molecule has 7 nitrogen and oxygen atoms in total. The highest BCUT2D eigenvalue weighted by molar-refractivity contribution is 7.89. The van der Waals surface area contributed by atoms with Crippen LogP contribution >= 0.6 is 0 Å². The fourth-order valence-electron chi connectivity index (χ4n) is 2.06. The first-order valence-electron chi connectivity index (χ1n) is 7.64. The molecule has 134 valence electrons. The van der Waals surface area contributed by atoms with Gasteiger partial charge in [0, 0.05) is 17.6 Å². The molecule has 2 amide bonds. The number of hydrogen-bond donors (Lipinski definition) is 2. The van der Waals surface area contributed by atoms with Gasteiger partial charge in [-0.2, -0.15) is 0 Å². The molecule has 24 heavy (non-hydrogen) atoms. The van der Waals surface area contributed by atoms with E-state index in [-0.39, 0.29) is 28.4 Å². The molecular weight excluding hydrogens is 330 g/mol. The van der Waals surface area contributed by atoms with Crippen LogP contribution in [0.25, 0.3) is 0 Å². The van der Waals surface area contributed by atoms with Crippen LogP contribution in [0.5, 0.6) is 0 Å². The summed E-state index contributed by atoms with van der Waals surface area (Å²) in [4.78, 5) is 26.0. The second-order valence-corrected chi connectivity index (χ2v) is 8.24. The molecule has 1 aromatic carbocycles. The number of likely N-dealkylation sites (N-methyl/N-ethyl adjacent to an activating group) is 1. The molecule has 0 atom stereocenters. The second kappa shape index (κ2) is 7.76. The van der Waals surface area contributed by atoms with Gasteiger partial charge in [0.05, 0.1) is 11.4 Å². The maximum absolute atomic E-state index is 12.6. The number of nitrogens with one attached hydrogen (secondary N) is 2. The zero-order chi connectivity index (χ0) is 18.5. The number of sulfonamides is 1. The molecule has 0 spiro atoms. The third kappa shape index (κ3) is 5.61. The van der Waals surface area contributed by atoms with Gasteiger partial charge in [-0.15, -0.1) is 0 Å². The summed E-state index contributed by atoms with van der Waals surface area (Å²) in [6.07, 6.45) is 0. The monoisotopic (exact) mass is 355 g/mol. The van der Waals surface area contributed by atoms with E-state index in [2.05, 4.69) is 10.0 Å². The van der Waals surface area contributed by atoms with Crippen molar-refractivity contribution >= 4 is 21.8 Å². The summed E-state index contributed by atoms with van der Waals surface area (Å²) in [7, 11) is -2.33. The molecule has 1 rings (SSSR count). The first-order valence-corrected chi connectivity index (χ1v) is 9.12. The van der Waals surface area contributed by atoms with Gasteiger partial charge in [-0.1, -0.05) is 6.07 Å². The Morgan fingerprint density at radius 1 is 1.21 bits per heavy atom. The number of hydrogen-bond acceptors (Lipinski definition) is 4. The van der Waals surface area contributed by atoms with Gasteiger partial charge >= 0.3 is 0 Å². The molecule has 0 aromatic heterocycles. The zero-order valence-corrected chi connectivity index (χ0v) is 15.5. The molecule has 0 aliphatic carbocycles. The summed E-state index contributed by atoms with van der Waals surface area (Å²) in [5.74, 6) is -0.661. The van der Waals surface area contributed by atoms with Gasteiger partial charge in [0.25, 0.3) is 5.91 Å². The summed E-state index contributed by atoms with van der Waals surface area (Å²) < 4.78 is 25.9. The van der Waals surface area contributed by atoms with Crippen molar-refractivity contribution < 1.29 is 18.0 Å². The largest absolute Gasteiger partial charge is 0.350 e. The zero-order valence-electron chi connectivity index (χ0n) is 14.7. The predicted molar refractivity (Wildman–Crippen MR) is 92.2 cm³/mol. The van der Waals surface area contributed by atoms with Crippen LogP contribution in [0, 0.1) is 0 Å². The lowest BCUT2D eigenvalue weighted by Gasteiger charge is -2.25. The van der Waals surface area contributed by atoms with E-state index in [0.717, 1.165) is 0 Å². The summed E-state index contributed by atoms with van der Waals surface area (Å²) in [6, 6.07) is 5.74. The van der Waals surface area contributed by atoms with Crippen LogP contribution in [0.3, 0.4) is 0 Å². The van der Waals surface area contributed by atoms with Crippen molar-refractivity contribution in [1.29, 1.82) is 0 Å². The number of carbonyl (C=O) groups is 2. The fourth-order valence-corrected chi connectivity index (χ4v) is 2.83. The number of benzene rings is 1. The number of carbonyl (C=O) groups excluding carboxylic acids is 2. The Hall–Kier alpha value is -1.93. The Balaban J connectivity index is 2.98. The maximum Gasteiger partial charge on any atom is 0.254 e. The van der Waals surface area contributed by atoms with Crippen molar-refractivity contribution in [1.82, 2.24) is 14.9 Å². The van der Waals surface area contributed by atoms with Crippen molar-refractivity contribution in [2.45, 2.75) is 38.1 Å². The molecule has 0 aliphatic rings. The Morgan fingerprint density at radius 3 is 2.33 bits per heavy atom. The number of amides is 2. The molecular formula is C16H25N3O4S. The molecule has 0 heterocycles. The molecule has 0 bridgehead atoms. The molecule has 0 aliphatic heterocycles. The van der Waals surface area contributed by atoms with Crippen LogP contribution in [0.15, 0.2) is 29.2 Å². The highest BCUT2D eigenvalue weighted by Gasteiger charge is 2.21. The summed E-state index contributed by atoms with van der Waals surface area (Å²) in [6.45, 7) is 7.57. The summed E-state index contributed by atoms with van der Waals surface area (Å²) in [5, 5.41) is 2.80. The van der Waals surface area contributed by atoms with Gasteiger partial charge in [0.1, 0.15) is 0 Å². The van der Waals surface area contributed by atoms with Crippen molar-refractivity contribution in [2.24, 2.45) is 0 Å². The van der Waals surface area contributed by atoms with Gasteiger partial charge in [-0.3, -0.25) is 9.59 Å². The van der Waals surface area contributed by atoms with Crippen LogP contribution in [-0.2, 0) is 14.8 Å². The van der Waals surface area contributed by atoms with E-state index in [0.29, 0.717) is 6.54 Å². The topological polar surface area (TPSA) is 95.6 Å². The standard InChI is InChI=1S/C16H25N3O4S/c1-6-19(11-14(20)18-16(2,3)4)15(21)12-8-7-9-13(10-12)24(22,23)17-5/h7-10,17H,6,11H2,1-5H3,(H,18,20). The number of rotatable bonds is 6. The minimum absolute atomic E-state index is 0.00560. The van der Waals surface area contributed by atoms with E-state index in [9.17, 15) is 18.0 Å². The molecule has 0 saturated heterocycles. The van der Waals surface area contributed by atoms with E-state index in [4.69, 9.17) is 0 Å². The van der Waals surface area contributed by atoms with Crippen molar-refractivity contribution in [2.75, 3.05) is 20.1 Å². The van der Waals surface area contributed by atoms with Gasteiger partial charge < -0.3 is 10.2 Å². The average Bonchev–Trinajstić information content (AvgIpc) is 2.50. The predicted octanol–water partition coefficient (Wildman–Crippen LogP) is 0.971.